The quantitative estimate of drug-likeness (QED) is 0.349. The molecule has 3 aromatic rings. The second-order valence-corrected chi connectivity index (χ2v) is 7.61. The Morgan fingerprint density at radius 1 is 0.971 bits per heavy atom. The first-order chi connectivity index (χ1) is 16.4. The fourth-order valence-corrected chi connectivity index (χ4v) is 3.54. The highest BCUT2D eigenvalue weighted by atomic mass is 16.6. The molecule has 0 fully saturated rings. The molecule has 34 heavy (non-hydrogen) atoms. The van der Waals surface area contributed by atoms with Crippen LogP contribution in [0.4, 0.5) is 11.4 Å². The van der Waals surface area contributed by atoms with Crippen molar-refractivity contribution in [2.75, 3.05) is 25.0 Å². The molecule has 0 radical (unpaired) electrons. The van der Waals surface area contributed by atoms with Crippen LogP contribution in [0.15, 0.2) is 72.8 Å². The highest BCUT2D eigenvalue weighted by Crippen LogP contribution is 2.27. The Balaban J connectivity index is 1.69. The Kier molecular flexibility index (Phi) is 8.34. The summed E-state index contributed by atoms with van der Waals surface area (Å²) < 4.78 is 5.72. The van der Waals surface area contributed by atoms with Crippen LogP contribution < -0.4 is 10.1 Å². The summed E-state index contributed by atoms with van der Waals surface area (Å²) in [5, 5.41) is 14.0. The lowest BCUT2D eigenvalue weighted by Crippen LogP contribution is -2.30. The Morgan fingerprint density at radius 3 is 2.38 bits per heavy atom. The lowest BCUT2D eigenvalue weighted by molar-refractivity contribution is -0.384. The molecule has 3 aromatic carbocycles. The van der Waals surface area contributed by atoms with Crippen molar-refractivity contribution in [3.05, 3.63) is 99.6 Å². The van der Waals surface area contributed by atoms with Gasteiger partial charge in [-0.3, -0.25) is 19.7 Å². The number of amides is 2. The lowest BCUT2D eigenvalue weighted by Gasteiger charge is -2.19. The third-order valence-corrected chi connectivity index (χ3v) is 5.29. The Hall–Kier alpha value is -4.20. The van der Waals surface area contributed by atoms with Crippen LogP contribution in [-0.2, 0) is 11.2 Å². The van der Waals surface area contributed by atoms with Gasteiger partial charge in [0.25, 0.3) is 17.5 Å². The Bertz CT molecular complexity index is 1160. The van der Waals surface area contributed by atoms with Crippen LogP contribution in [0.3, 0.4) is 0 Å². The summed E-state index contributed by atoms with van der Waals surface area (Å²) in [6, 6.07) is 20.6. The van der Waals surface area contributed by atoms with Gasteiger partial charge in [-0.1, -0.05) is 36.4 Å². The number of nitro groups is 1. The normalized spacial score (nSPS) is 10.4. The van der Waals surface area contributed by atoms with E-state index < -0.39 is 10.8 Å². The van der Waals surface area contributed by atoms with Crippen LogP contribution in [0.5, 0.6) is 5.75 Å². The summed E-state index contributed by atoms with van der Waals surface area (Å²) in [5.41, 5.74) is 2.51. The first-order valence-electron chi connectivity index (χ1n) is 11.0. The molecule has 8 heteroatoms. The monoisotopic (exact) mass is 461 g/mol. The number of nitrogens with one attached hydrogen (secondary N) is 1. The minimum Gasteiger partial charge on any atom is -0.483 e. The second kappa shape index (κ2) is 11.6. The van der Waals surface area contributed by atoms with Gasteiger partial charge in [-0.2, -0.15) is 0 Å². The van der Waals surface area contributed by atoms with Crippen molar-refractivity contribution in [1.29, 1.82) is 0 Å². The van der Waals surface area contributed by atoms with E-state index in [1.54, 1.807) is 29.2 Å². The molecule has 3 rings (SSSR count). The third-order valence-electron chi connectivity index (χ3n) is 5.29. The van der Waals surface area contributed by atoms with Crippen LogP contribution in [0.2, 0.25) is 0 Å². The number of nitro benzene ring substituents is 1. The van der Waals surface area contributed by atoms with Crippen LogP contribution in [0.1, 0.15) is 35.3 Å². The van der Waals surface area contributed by atoms with Gasteiger partial charge in [0.1, 0.15) is 5.75 Å². The number of rotatable bonds is 10. The molecule has 2 amide bonds. The van der Waals surface area contributed by atoms with Gasteiger partial charge >= 0.3 is 0 Å². The minimum absolute atomic E-state index is 0.0441. The maximum atomic E-state index is 12.6. The van der Waals surface area contributed by atoms with E-state index in [1.165, 1.54) is 18.2 Å². The zero-order valence-electron chi connectivity index (χ0n) is 19.2. The van der Waals surface area contributed by atoms with E-state index in [-0.39, 0.29) is 18.2 Å². The number of benzene rings is 3. The highest BCUT2D eigenvalue weighted by molar-refractivity contribution is 5.97. The summed E-state index contributed by atoms with van der Waals surface area (Å²) >= 11 is 0. The molecule has 0 aliphatic rings. The molecule has 0 unspecified atom stereocenters. The number of hydrogen-bond acceptors (Lipinski definition) is 5. The average molecular weight is 462 g/mol. The van der Waals surface area contributed by atoms with E-state index in [0.717, 1.165) is 5.56 Å². The smallest absolute Gasteiger partial charge is 0.269 e. The topological polar surface area (TPSA) is 102 Å². The zero-order chi connectivity index (χ0) is 24.5. The molecule has 176 valence electrons. The van der Waals surface area contributed by atoms with Gasteiger partial charge < -0.3 is 15.0 Å². The second-order valence-electron chi connectivity index (χ2n) is 7.61. The summed E-state index contributed by atoms with van der Waals surface area (Å²) in [5.74, 6) is -0.111. The van der Waals surface area contributed by atoms with Gasteiger partial charge in [-0.15, -0.1) is 0 Å². The molecule has 0 heterocycles. The van der Waals surface area contributed by atoms with Gasteiger partial charge in [-0.25, -0.2) is 0 Å². The Morgan fingerprint density at radius 2 is 1.71 bits per heavy atom. The maximum Gasteiger partial charge on any atom is 0.269 e. The average Bonchev–Trinajstić information content (AvgIpc) is 2.84. The zero-order valence-corrected chi connectivity index (χ0v) is 19.2. The molecule has 1 N–H and O–H groups in total. The minimum atomic E-state index is -0.461. The lowest BCUT2D eigenvalue weighted by atomic mass is 10.0. The van der Waals surface area contributed by atoms with E-state index in [1.807, 2.05) is 44.2 Å². The number of non-ortho nitro benzene ring substituents is 1. The van der Waals surface area contributed by atoms with Crippen molar-refractivity contribution >= 4 is 23.2 Å². The summed E-state index contributed by atoms with van der Waals surface area (Å²) in [7, 11) is 0. The fraction of sp³-hybridized carbons (Fsp3) is 0.231. The van der Waals surface area contributed by atoms with Gasteiger partial charge in [-0.05, 0) is 43.7 Å². The number of hydrogen-bond donors (Lipinski definition) is 1. The number of ether oxygens (including phenoxy) is 1. The molecule has 0 aliphatic carbocycles. The van der Waals surface area contributed by atoms with Crippen LogP contribution in [0.25, 0.3) is 0 Å². The number of nitrogens with zero attached hydrogens (tertiary/aromatic N) is 2. The van der Waals surface area contributed by atoms with E-state index in [0.29, 0.717) is 42.1 Å². The summed E-state index contributed by atoms with van der Waals surface area (Å²) in [6.07, 6.45) is 0.426. The van der Waals surface area contributed by atoms with Crippen LogP contribution in [0, 0.1) is 10.1 Å². The predicted octanol–water partition coefficient (Wildman–Crippen LogP) is 4.69. The van der Waals surface area contributed by atoms with E-state index in [2.05, 4.69) is 5.32 Å². The molecule has 0 saturated heterocycles. The molecule has 0 atom stereocenters. The van der Waals surface area contributed by atoms with E-state index in [9.17, 15) is 19.7 Å². The largest absolute Gasteiger partial charge is 0.483 e. The van der Waals surface area contributed by atoms with Gasteiger partial charge in [0.05, 0.1) is 4.92 Å². The molecule has 0 aromatic heterocycles. The molecule has 8 nitrogen and oxygen atoms in total. The highest BCUT2D eigenvalue weighted by Gasteiger charge is 2.15. The van der Waals surface area contributed by atoms with Crippen molar-refractivity contribution < 1.29 is 19.2 Å². The van der Waals surface area contributed by atoms with Crippen molar-refractivity contribution in [2.45, 2.75) is 20.3 Å². The Labute approximate surface area is 198 Å². The number of anilines is 1. The molecule has 0 bridgehead atoms. The third kappa shape index (κ3) is 6.41. The van der Waals surface area contributed by atoms with Crippen LogP contribution >= 0.6 is 0 Å². The van der Waals surface area contributed by atoms with Gasteiger partial charge in [0.15, 0.2) is 6.61 Å². The summed E-state index contributed by atoms with van der Waals surface area (Å²) in [6.45, 7) is 4.73. The van der Waals surface area contributed by atoms with Crippen molar-refractivity contribution in [3.8, 4) is 5.75 Å². The first kappa shape index (κ1) is 24.4. The summed E-state index contributed by atoms with van der Waals surface area (Å²) in [4.78, 5) is 37.5. The molecular formula is C26H27N3O5. The fourth-order valence-electron chi connectivity index (χ4n) is 3.54. The number of carbonyl (C=O) groups is 2. The maximum absolute atomic E-state index is 12.6. The van der Waals surface area contributed by atoms with Crippen LogP contribution in [-0.4, -0.2) is 41.3 Å². The molecular weight excluding hydrogens is 434 g/mol. The van der Waals surface area contributed by atoms with Crippen molar-refractivity contribution in [2.24, 2.45) is 0 Å². The molecule has 0 saturated carbocycles. The van der Waals surface area contributed by atoms with Crippen molar-refractivity contribution in [1.82, 2.24) is 4.90 Å². The predicted molar refractivity (Wildman–Crippen MR) is 130 cm³/mol. The van der Waals surface area contributed by atoms with Crippen molar-refractivity contribution in [3.63, 3.8) is 0 Å². The molecule has 0 spiro atoms. The first-order valence-corrected chi connectivity index (χ1v) is 11.0. The van der Waals surface area contributed by atoms with Gasteiger partial charge in [0.2, 0.25) is 0 Å². The van der Waals surface area contributed by atoms with E-state index in [4.69, 9.17) is 4.74 Å². The standard InChI is InChI=1S/C26H27N3O5/c1-3-28(4-2)26(31)20-11-8-12-22(16-20)27-25(30)18-34-24-14-13-23(29(32)33)17-21(24)15-19-9-6-5-7-10-19/h5-14,16-17H,3-4,15,18H2,1-2H3,(H,27,30). The SMILES string of the molecule is CCN(CC)C(=O)c1cccc(NC(=O)COc2ccc([N+](=O)[O-])cc2Cc2ccccc2)c1. The van der Waals surface area contributed by atoms with Gasteiger partial charge in [0, 0.05) is 48.5 Å². The van der Waals surface area contributed by atoms with E-state index >= 15 is 0 Å². The number of carbonyl (C=O) groups excluding carboxylic acids is 2. The molecule has 0 aliphatic heterocycles.